The number of para-hydroxylation sites is 1. The molecule has 3 fully saturated rings. The lowest BCUT2D eigenvalue weighted by atomic mass is 9.97. The van der Waals surface area contributed by atoms with Crippen LogP contribution in [0.5, 0.6) is 5.75 Å². The number of ether oxygens (including phenoxy) is 7. The number of benzene rings is 1. The van der Waals surface area contributed by atoms with E-state index in [1.54, 1.807) is 38.1 Å². The third kappa shape index (κ3) is 6.36. The van der Waals surface area contributed by atoms with E-state index in [-0.39, 0.29) is 19.3 Å². The summed E-state index contributed by atoms with van der Waals surface area (Å²) in [7, 11) is -4.17. The smallest absolute Gasteiger partial charge is 0.428 e. The highest BCUT2D eigenvalue weighted by Gasteiger charge is 2.66. The first-order valence-corrected chi connectivity index (χ1v) is 11.2. The van der Waals surface area contributed by atoms with Crippen LogP contribution in [0.1, 0.15) is 27.7 Å². The zero-order chi connectivity index (χ0) is 23.8. The van der Waals surface area contributed by atoms with E-state index in [1.807, 2.05) is 19.9 Å². The Morgan fingerprint density at radius 2 is 1.75 bits per heavy atom. The molecule has 3 saturated heterocycles. The highest BCUT2D eigenvalue weighted by Crippen LogP contribution is 2.47. The molecular formula is C19H27NO11S. The second-order valence-corrected chi connectivity index (χ2v) is 9.30. The van der Waals surface area contributed by atoms with Crippen LogP contribution >= 0.6 is 0 Å². The molecule has 1 aromatic carbocycles. The van der Waals surface area contributed by atoms with Crippen LogP contribution in [0.3, 0.4) is 0 Å². The second-order valence-electron chi connectivity index (χ2n) is 8.27. The maximum Gasteiger partial charge on any atom is 0.514 e. The first-order valence-electron chi connectivity index (χ1n) is 9.71. The molecule has 180 valence electrons. The highest BCUT2D eigenvalue weighted by atomic mass is 32.2. The Bertz CT molecular complexity index is 912. The van der Waals surface area contributed by atoms with Gasteiger partial charge in [0, 0.05) is 0 Å². The molecule has 0 amide bonds. The zero-order valence-corrected chi connectivity index (χ0v) is 18.9. The van der Waals surface area contributed by atoms with Crippen molar-refractivity contribution in [2.75, 3.05) is 13.2 Å². The maximum atomic E-state index is 12.1. The number of rotatable bonds is 3. The minimum Gasteiger partial charge on any atom is -0.428 e. The fourth-order valence-corrected chi connectivity index (χ4v) is 3.72. The summed E-state index contributed by atoms with van der Waals surface area (Å²) in [6.45, 7) is 7.26. The van der Waals surface area contributed by atoms with Gasteiger partial charge >= 0.3 is 16.5 Å². The average molecular weight is 477 g/mol. The minimum absolute atomic E-state index is 0.195. The van der Waals surface area contributed by atoms with Crippen molar-refractivity contribution < 1.29 is 50.9 Å². The van der Waals surface area contributed by atoms with E-state index in [4.69, 9.17) is 46.1 Å². The van der Waals surface area contributed by atoms with E-state index < -0.39 is 46.0 Å². The van der Waals surface area contributed by atoms with Crippen molar-refractivity contribution in [1.29, 1.82) is 0 Å². The van der Waals surface area contributed by atoms with Gasteiger partial charge in [-0.15, -0.1) is 0 Å². The van der Waals surface area contributed by atoms with E-state index in [1.165, 1.54) is 0 Å². The van der Waals surface area contributed by atoms with Gasteiger partial charge < -0.3 is 33.2 Å². The number of hydrogen-bond donors (Lipinski definition) is 2. The molecule has 13 heteroatoms. The number of fused-ring (bicyclic) bond motifs is 3. The fraction of sp³-hybridized carbons (Fsp3) is 0.632. The van der Waals surface area contributed by atoms with Crippen LogP contribution in [0.2, 0.25) is 0 Å². The van der Waals surface area contributed by atoms with E-state index in [0.29, 0.717) is 5.75 Å². The van der Waals surface area contributed by atoms with Crippen molar-refractivity contribution in [2.24, 2.45) is 5.14 Å². The number of hydrogen-bond acceptors (Lipinski definition) is 10. The maximum absolute atomic E-state index is 12.1. The lowest BCUT2D eigenvalue weighted by molar-refractivity contribution is -0.294. The summed E-state index contributed by atoms with van der Waals surface area (Å²) in [5.74, 6) is -2.58. The summed E-state index contributed by atoms with van der Waals surface area (Å²) in [6, 6.07) is 8.67. The summed E-state index contributed by atoms with van der Waals surface area (Å²) in [5.41, 5.74) is 0. The standard InChI is InChI=1S/C19H24O8.H3NO3S/c1-17(2)24-13-10-22-19(15(14(13)25-17)26-18(3,4)27-19)11-21-16(20)23-12-8-6-5-7-9-12;1-5(2,3)4/h5-9,13-15H,10-11H2,1-4H3;(H3,1,2,3,4)/t13-,14-,15+,19+;/m1./s1. The average Bonchev–Trinajstić information content (AvgIpc) is 3.11. The fourth-order valence-electron chi connectivity index (χ4n) is 3.72. The summed E-state index contributed by atoms with van der Waals surface area (Å²) < 4.78 is 65.5. The largest absolute Gasteiger partial charge is 0.514 e. The SMILES string of the molecule is CC1(C)O[C@@H]2[C@@H](CO[C@@]3(COC(=O)Oc4ccccc4)OC(C)(C)O[C@@H]23)O1.NS(=O)(=O)O. The van der Waals surface area contributed by atoms with E-state index in [9.17, 15) is 4.79 Å². The monoisotopic (exact) mass is 477 g/mol. The molecule has 12 nitrogen and oxygen atoms in total. The zero-order valence-electron chi connectivity index (χ0n) is 18.0. The van der Waals surface area contributed by atoms with Gasteiger partial charge in [-0.1, -0.05) is 18.2 Å². The van der Waals surface area contributed by atoms with Crippen LogP contribution in [0.25, 0.3) is 0 Å². The number of carbonyl (C=O) groups excluding carboxylic acids is 1. The van der Waals surface area contributed by atoms with Crippen LogP contribution in [0.4, 0.5) is 4.79 Å². The van der Waals surface area contributed by atoms with Crippen LogP contribution in [0, 0.1) is 0 Å². The molecule has 4 rings (SSSR count). The van der Waals surface area contributed by atoms with Crippen molar-refractivity contribution in [2.45, 2.75) is 63.4 Å². The van der Waals surface area contributed by atoms with Crippen LogP contribution < -0.4 is 9.88 Å². The summed E-state index contributed by atoms with van der Waals surface area (Å²) >= 11 is 0. The third-order valence-corrected chi connectivity index (χ3v) is 4.61. The van der Waals surface area contributed by atoms with Gasteiger partial charge in [0.05, 0.1) is 6.61 Å². The molecule has 3 aliphatic rings. The lowest BCUT2D eigenvalue weighted by Crippen LogP contribution is -2.60. The highest BCUT2D eigenvalue weighted by molar-refractivity contribution is 7.83. The quantitative estimate of drug-likeness (QED) is 0.367. The molecule has 4 atom stereocenters. The molecule has 3 aliphatic heterocycles. The molecule has 0 radical (unpaired) electrons. The normalized spacial score (nSPS) is 32.1. The number of nitrogens with two attached hydrogens (primary N) is 1. The molecule has 0 saturated carbocycles. The molecule has 32 heavy (non-hydrogen) atoms. The molecule has 0 spiro atoms. The topological polar surface area (TPSA) is 162 Å². The van der Waals surface area contributed by atoms with Gasteiger partial charge in [0.15, 0.2) is 18.2 Å². The molecular weight excluding hydrogens is 450 g/mol. The van der Waals surface area contributed by atoms with Gasteiger partial charge in [0.25, 0.3) is 0 Å². The molecule has 3 heterocycles. The molecule has 0 aliphatic carbocycles. The van der Waals surface area contributed by atoms with E-state index >= 15 is 0 Å². The third-order valence-electron chi connectivity index (χ3n) is 4.61. The first-order chi connectivity index (χ1) is 14.7. The Morgan fingerprint density at radius 3 is 2.38 bits per heavy atom. The predicted molar refractivity (Wildman–Crippen MR) is 107 cm³/mol. The first kappa shape index (κ1) is 24.8. The number of carbonyl (C=O) groups is 1. The Labute approximate surface area is 185 Å². The van der Waals surface area contributed by atoms with Crippen molar-refractivity contribution in [3.63, 3.8) is 0 Å². The minimum atomic E-state index is -4.17. The summed E-state index contributed by atoms with van der Waals surface area (Å²) in [4.78, 5) is 12.1. The van der Waals surface area contributed by atoms with Crippen molar-refractivity contribution >= 4 is 16.5 Å². The predicted octanol–water partition coefficient (Wildman–Crippen LogP) is 1.35. The summed E-state index contributed by atoms with van der Waals surface area (Å²) in [6.07, 6.45) is -2.15. The van der Waals surface area contributed by atoms with Gasteiger partial charge in [0.2, 0.25) is 5.79 Å². The van der Waals surface area contributed by atoms with Crippen LogP contribution in [-0.4, -0.2) is 68.0 Å². The Kier molecular flexibility index (Phi) is 6.85. The van der Waals surface area contributed by atoms with E-state index in [2.05, 4.69) is 5.14 Å². The molecule has 0 unspecified atom stereocenters. The van der Waals surface area contributed by atoms with Gasteiger partial charge in [-0.25, -0.2) is 9.93 Å². The van der Waals surface area contributed by atoms with Crippen molar-refractivity contribution in [3.8, 4) is 5.75 Å². The molecule has 1 aromatic rings. The van der Waals surface area contributed by atoms with Crippen molar-refractivity contribution in [1.82, 2.24) is 0 Å². The van der Waals surface area contributed by atoms with Crippen molar-refractivity contribution in [3.05, 3.63) is 30.3 Å². The van der Waals surface area contributed by atoms with Gasteiger partial charge in [-0.2, -0.15) is 8.42 Å². The molecule has 0 bridgehead atoms. The Hall–Kier alpha value is -1.84. The Balaban J connectivity index is 0.000000523. The van der Waals surface area contributed by atoms with Crippen LogP contribution in [0.15, 0.2) is 30.3 Å². The lowest BCUT2D eigenvalue weighted by Gasteiger charge is -2.39. The van der Waals surface area contributed by atoms with Gasteiger partial charge in [-0.05, 0) is 39.8 Å². The second kappa shape index (κ2) is 8.83. The van der Waals surface area contributed by atoms with Crippen LogP contribution in [-0.2, 0) is 38.7 Å². The van der Waals surface area contributed by atoms with Gasteiger partial charge in [-0.3, -0.25) is 4.55 Å². The Morgan fingerprint density at radius 1 is 1.12 bits per heavy atom. The summed E-state index contributed by atoms with van der Waals surface area (Å²) in [5, 5.41) is 3.88. The molecule has 0 aromatic heterocycles. The molecule has 3 N–H and O–H groups in total. The van der Waals surface area contributed by atoms with E-state index in [0.717, 1.165) is 0 Å². The van der Waals surface area contributed by atoms with Gasteiger partial charge in [0.1, 0.15) is 24.1 Å².